The lowest BCUT2D eigenvalue weighted by Crippen LogP contribution is -1.73. The van der Waals surface area contributed by atoms with E-state index >= 15 is 0 Å². The molecule has 0 aromatic heterocycles. The zero-order valence-electron chi connectivity index (χ0n) is 11.8. The Balaban J connectivity index is 0. The van der Waals surface area contributed by atoms with Gasteiger partial charge in [-0.3, -0.25) is 0 Å². The molecule has 0 nitrogen and oxygen atoms in total. The molecule has 0 aliphatic rings. The molecule has 0 saturated carbocycles. The summed E-state index contributed by atoms with van der Waals surface area (Å²) in [7, 11) is 0. The van der Waals surface area contributed by atoms with Crippen LogP contribution in [0.3, 0.4) is 0 Å². The molecular formula is C16H21F3. The highest BCUT2D eigenvalue weighted by molar-refractivity contribution is 5.05. The molecule has 0 unspecified atom stereocenters. The van der Waals surface area contributed by atoms with Gasteiger partial charge in [0.25, 0.3) is 0 Å². The molecule has 0 N–H and O–H groups in total. The summed E-state index contributed by atoms with van der Waals surface area (Å²) in [5, 5.41) is 0. The van der Waals surface area contributed by atoms with Crippen LogP contribution >= 0.6 is 0 Å². The third kappa shape index (κ3) is 12.5. The molecule has 0 atom stereocenters. The van der Waals surface area contributed by atoms with E-state index in [4.69, 9.17) is 0 Å². The fraction of sp³-hybridized carbons (Fsp3) is 0.250. The second kappa shape index (κ2) is 14.3. The van der Waals surface area contributed by atoms with Crippen LogP contribution in [0.4, 0.5) is 13.2 Å². The highest BCUT2D eigenvalue weighted by atomic mass is 19.1. The summed E-state index contributed by atoms with van der Waals surface area (Å²) in [5.74, 6) is -1.25. The molecule has 0 spiro atoms. The number of halogens is 3. The van der Waals surface area contributed by atoms with Crippen LogP contribution in [0.15, 0.2) is 54.6 Å². The third-order valence-corrected chi connectivity index (χ3v) is 1.52. The molecule has 0 aliphatic heterocycles. The number of hydrogen-bond donors (Lipinski definition) is 0. The first-order valence-corrected chi connectivity index (χ1v) is 6.30. The van der Waals surface area contributed by atoms with E-state index in [1.807, 2.05) is 27.7 Å². The summed E-state index contributed by atoms with van der Waals surface area (Å²) in [6.07, 6.45) is 0. The van der Waals surface area contributed by atoms with Gasteiger partial charge in [-0.1, -0.05) is 52.0 Å². The highest BCUT2D eigenvalue weighted by Gasteiger charge is 1.88. The molecule has 2 aromatic rings. The van der Waals surface area contributed by atoms with Crippen LogP contribution in [0, 0.1) is 17.5 Å². The summed E-state index contributed by atoms with van der Waals surface area (Å²) in [6, 6.07) is 12.5. The topological polar surface area (TPSA) is 0 Å². The van der Waals surface area contributed by atoms with Gasteiger partial charge in [0, 0.05) is 6.07 Å². The van der Waals surface area contributed by atoms with Crippen molar-refractivity contribution in [2.75, 3.05) is 0 Å². The first kappa shape index (κ1) is 19.6. The smallest absolute Gasteiger partial charge is 0.126 e. The molecule has 2 rings (SSSR count). The van der Waals surface area contributed by atoms with Gasteiger partial charge in [-0.25, -0.2) is 13.2 Å². The zero-order chi connectivity index (χ0) is 15.1. The second-order valence-electron chi connectivity index (χ2n) is 2.74. The summed E-state index contributed by atoms with van der Waals surface area (Å²) in [6.45, 7) is 8.00. The van der Waals surface area contributed by atoms with Gasteiger partial charge in [0.2, 0.25) is 0 Å². The Labute approximate surface area is 113 Å². The van der Waals surface area contributed by atoms with Crippen LogP contribution in [0.5, 0.6) is 0 Å². The fourth-order valence-corrected chi connectivity index (χ4v) is 0.875. The van der Waals surface area contributed by atoms with Gasteiger partial charge in [-0.15, -0.1) is 0 Å². The van der Waals surface area contributed by atoms with Crippen LogP contribution in [0.2, 0.25) is 0 Å². The van der Waals surface area contributed by atoms with Gasteiger partial charge in [0.05, 0.1) is 0 Å². The lowest BCUT2D eigenvalue weighted by molar-refractivity contribution is 0.583. The first-order chi connectivity index (χ1) is 9.18. The van der Waals surface area contributed by atoms with Crippen LogP contribution in [-0.4, -0.2) is 0 Å². The van der Waals surface area contributed by atoms with Crippen molar-refractivity contribution in [3.05, 3.63) is 72.0 Å². The van der Waals surface area contributed by atoms with Crippen molar-refractivity contribution < 1.29 is 13.2 Å². The SMILES string of the molecule is CC.CC.Fc1cccc(F)c1.Fc1ccccc1. The monoisotopic (exact) mass is 270 g/mol. The standard InChI is InChI=1S/C6H4F2.C6H5F.2C2H6/c7-5-2-1-3-6(8)4-5;7-6-4-2-1-3-5-6;2*1-2/h1-4H;1-5H;2*1-2H3. The maximum Gasteiger partial charge on any atom is 0.126 e. The van der Waals surface area contributed by atoms with Crippen LogP contribution in [0.25, 0.3) is 0 Å². The minimum atomic E-state index is -0.537. The van der Waals surface area contributed by atoms with E-state index in [9.17, 15) is 13.2 Å². The average molecular weight is 270 g/mol. The normalized spacial score (nSPS) is 7.74. The minimum Gasteiger partial charge on any atom is -0.207 e. The van der Waals surface area contributed by atoms with Gasteiger partial charge in [-0.2, -0.15) is 0 Å². The van der Waals surface area contributed by atoms with E-state index in [0.29, 0.717) is 0 Å². The van der Waals surface area contributed by atoms with Crippen molar-refractivity contribution in [3.8, 4) is 0 Å². The Morgan fingerprint density at radius 2 is 0.895 bits per heavy atom. The van der Waals surface area contributed by atoms with E-state index in [1.54, 1.807) is 18.2 Å². The first-order valence-electron chi connectivity index (χ1n) is 6.30. The van der Waals surface area contributed by atoms with E-state index in [0.717, 1.165) is 6.07 Å². The lowest BCUT2D eigenvalue weighted by Gasteiger charge is -1.84. The molecule has 0 amide bonds. The molecule has 19 heavy (non-hydrogen) atoms. The Kier molecular flexibility index (Phi) is 14.7. The largest absolute Gasteiger partial charge is 0.207 e. The molecule has 0 heterocycles. The zero-order valence-corrected chi connectivity index (χ0v) is 11.8. The number of rotatable bonds is 0. The Bertz CT molecular complexity index is 382. The molecule has 106 valence electrons. The predicted octanol–water partition coefficient (Wildman–Crippen LogP) is 5.84. The summed E-state index contributed by atoms with van der Waals surface area (Å²) in [5.41, 5.74) is 0. The maximum absolute atomic E-state index is 11.9. The van der Waals surface area contributed by atoms with Crippen molar-refractivity contribution in [1.82, 2.24) is 0 Å². The predicted molar refractivity (Wildman–Crippen MR) is 75.5 cm³/mol. The Hall–Kier alpha value is -1.77. The molecule has 0 bridgehead atoms. The molecule has 0 radical (unpaired) electrons. The van der Waals surface area contributed by atoms with Crippen LogP contribution in [0.1, 0.15) is 27.7 Å². The third-order valence-electron chi connectivity index (χ3n) is 1.52. The van der Waals surface area contributed by atoms with Crippen molar-refractivity contribution in [2.45, 2.75) is 27.7 Å². The minimum absolute atomic E-state index is 0.178. The van der Waals surface area contributed by atoms with Gasteiger partial charge in [0.15, 0.2) is 0 Å². The van der Waals surface area contributed by atoms with Gasteiger partial charge in [0.1, 0.15) is 17.5 Å². The van der Waals surface area contributed by atoms with Crippen molar-refractivity contribution in [1.29, 1.82) is 0 Å². The van der Waals surface area contributed by atoms with Crippen LogP contribution < -0.4 is 0 Å². The van der Waals surface area contributed by atoms with E-state index in [-0.39, 0.29) is 5.82 Å². The second-order valence-corrected chi connectivity index (χ2v) is 2.74. The van der Waals surface area contributed by atoms with Crippen molar-refractivity contribution in [2.24, 2.45) is 0 Å². The summed E-state index contributed by atoms with van der Waals surface area (Å²) < 4.78 is 35.8. The molecule has 0 aliphatic carbocycles. The van der Waals surface area contributed by atoms with Gasteiger partial charge in [-0.05, 0) is 24.3 Å². The Morgan fingerprint density at radius 1 is 0.526 bits per heavy atom. The van der Waals surface area contributed by atoms with E-state index in [2.05, 4.69) is 0 Å². The number of benzene rings is 2. The molecular weight excluding hydrogens is 249 g/mol. The molecule has 0 fully saturated rings. The van der Waals surface area contributed by atoms with E-state index in [1.165, 1.54) is 30.3 Å². The van der Waals surface area contributed by atoms with E-state index < -0.39 is 11.6 Å². The average Bonchev–Trinajstić information content (AvgIpc) is 2.44. The van der Waals surface area contributed by atoms with Gasteiger partial charge >= 0.3 is 0 Å². The van der Waals surface area contributed by atoms with Gasteiger partial charge < -0.3 is 0 Å². The maximum atomic E-state index is 11.9. The van der Waals surface area contributed by atoms with Crippen molar-refractivity contribution >= 4 is 0 Å². The highest BCUT2D eigenvalue weighted by Crippen LogP contribution is 1.99. The molecule has 2 aromatic carbocycles. The fourth-order valence-electron chi connectivity index (χ4n) is 0.875. The summed E-state index contributed by atoms with van der Waals surface area (Å²) in [4.78, 5) is 0. The molecule has 0 saturated heterocycles. The molecule has 3 heteroatoms. The Morgan fingerprint density at radius 3 is 1.11 bits per heavy atom. The van der Waals surface area contributed by atoms with Crippen LogP contribution in [-0.2, 0) is 0 Å². The lowest BCUT2D eigenvalue weighted by atomic mass is 10.3. The summed E-state index contributed by atoms with van der Waals surface area (Å²) >= 11 is 0. The number of hydrogen-bond acceptors (Lipinski definition) is 0. The van der Waals surface area contributed by atoms with Crippen molar-refractivity contribution in [3.63, 3.8) is 0 Å². The quantitative estimate of drug-likeness (QED) is 0.564.